The Labute approximate surface area is 187 Å². The SMILES string of the molecule is Cc1ccc(NS(=O)(=O)c2ccc(C(=O)NC3CCN(c4ncccn4)CC3)cc2)cc1. The van der Waals surface area contributed by atoms with E-state index in [1.54, 1.807) is 30.6 Å². The van der Waals surface area contributed by atoms with Gasteiger partial charge >= 0.3 is 0 Å². The molecule has 1 amide bonds. The first kappa shape index (κ1) is 21.8. The molecule has 2 heterocycles. The second-order valence-corrected chi connectivity index (χ2v) is 9.46. The zero-order valence-corrected chi connectivity index (χ0v) is 18.5. The predicted octanol–water partition coefficient (Wildman–Crippen LogP) is 2.98. The number of aryl methyl sites for hydroxylation is 1. The molecule has 0 unspecified atom stereocenters. The second kappa shape index (κ2) is 9.35. The van der Waals surface area contributed by atoms with Crippen LogP contribution in [-0.4, -0.2) is 43.4 Å². The van der Waals surface area contributed by atoms with Crippen molar-refractivity contribution in [3.05, 3.63) is 78.1 Å². The monoisotopic (exact) mass is 451 g/mol. The highest BCUT2D eigenvalue weighted by molar-refractivity contribution is 7.92. The molecule has 1 aromatic heterocycles. The maximum Gasteiger partial charge on any atom is 0.261 e. The van der Waals surface area contributed by atoms with Crippen LogP contribution in [0.15, 0.2) is 71.9 Å². The number of hydrogen-bond donors (Lipinski definition) is 2. The van der Waals surface area contributed by atoms with E-state index < -0.39 is 10.0 Å². The first-order chi connectivity index (χ1) is 15.4. The number of nitrogens with zero attached hydrogens (tertiary/aromatic N) is 3. The van der Waals surface area contributed by atoms with E-state index in [0.717, 1.165) is 31.5 Å². The molecule has 0 atom stereocenters. The average Bonchev–Trinajstić information content (AvgIpc) is 2.81. The van der Waals surface area contributed by atoms with Gasteiger partial charge < -0.3 is 10.2 Å². The molecule has 4 rings (SSSR count). The summed E-state index contributed by atoms with van der Waals surface area (Å²) in [7, 11) is -3.73. The molecule has 2 N–H and O–H groups in total. The average molecular weight is 452 g/mol. The van der Waals surface area contributed by atoms with Gasteiger partial charge in [-0.15, -0.1) is 0 Å². The Hall–Kier alpha value is -3.46. The van der Waals surface area contributed by atoms with E-state index in [0.29, 0.717) is 17.2 Å². The van der Waals surface area contributed by atoms with Crippen molar-refractivity contribution < 1.29 is 13.2 Å². The molecular weight excluding hydrogens is 426 g/mol. The minimum atomic E-state index is -3.73. The van der Waals surface area contributed by atoms with Crippen molar-refractivity contribution in [1.29, 1.82) is 0 Å². The highest BCUT2D eigenvalue weighted by Crippen LogP contribution is 2.19. The Balaban J connectivity index is 1.33. The van der Waals surface area contributed by atoms with E-state index in [4.69, 9.17) is 0 Å². The van der Waals surface area contributed by atoms with Crippen molar-refractivity contribution in [3.8, 4) is 0 Å². The third kappa shape index (κ3) is 5.23. The summed E-state index contributed by atoms with van der Waals surface area (Å²) >= 11 is 0. The fraction of sp³-hybridized carbons (Fsp3) is 0.261. The Bertz CT molecular complexity index is 1160. The number of nitrogens with one attached hydrogen (secondary N) is 2. The Kier molecular flexibility index (Phi) is 6.36. The fourth-order valence-electron chi connectivity index (χ4n) is 3.57. The lowest BCUT2D eigenvalue weighted by atomic mass is 10.0. The predicted molar refractivity (Wildman–Crippen MR) is 123 cm³/mol. The lowest BCUT2D eigenvalue weighted by molar-refractivity contribution is 0.0931. The third-order valence-electron chi connectivity index (χ3n) is 5.40. The number of rotatable bonds is 6. The van der Waals surface area contributed by atoms with Gasteiger partial charge in [0.15, 0.2) is 0 Å². The quantitative estimate of drug-likeness (QED) is 0.597. The number of amides is 1. The van der Waals surface area contributed by atoms with Crippen molar-refractivity contribution in [3.63, 3.8) is 0 Å². The number of piperidine rings is 1. The number of carbonyl (C=O) groups excluding carboxylic acids is 1. The number of aromatic nitrogens is 2. The van der Waals surface area contributed by atoms with Gasteiger partial charge in [-0.1, -0.05) is 17.7 Å². The van der Waals surface area contributed by atoms with Gasteiger partial charge in [-0.2, -0.15) is 0 Å². The summed E-state index contributed by atoms with van der Waals surface area (Å²) in [4.78, 5) is 23.4. The van der Waals surface area contributed by atoms with E-state index in [9.17, 15) is 13.2 Å². The maximum atomic E-state index is 12.6. The minimum absolute atomic E-state index is 0.0501. The highest BCUT2D eigenvalue weighted by Gasteiger charge is 2.23. The van der Waals surface area contributed by atoms with Gasteiger partial charge in [0, 0.05) is 42.8 Å². The molecular formula is C23H25N5O3S. The number of anilines is 2. The van der Waals surface area contributed by atoms with Gasteiger partial charge in [0.1, 0.15) is 0 Å². The van der Waals surface area contributed by atoms with E-state index in [-0.39, 0.29) is 16.8 Å². The van der Waals surface area contributed by atoms with Crippen LogP contribution < -0.4 is 14.9 Å². The smallest absolute Gasteiger partial charge is 0.261 e. The second-order valence-electron chi connectivity index (χ2n) is 7.78. The van der Waals surface area contributed by atoms with Crippen LogP contribution >= 0.6 is 0 Å². The van der Waals surface area contributed by atoms with Crippen LogP contribution in [0.1, 0.15) is 28.8 Å². The summed E-state index contributed by atoms with van der Waals surface area (Å²) in [6, 6.07) is 14.9. The maximum absolute atomic E-state index is 12.6. The van der Waals surface area contributed by atoms with Crippen LogP contribution in [0, 0.1) is 6.92 Å². The Morgan fingerprint density at radius 3 is 2.22 bits per heavy atom. The molecule has 1 aliphatic heterocycles. The molecule has 1 aliphatic rings. The highest BCUT2D eigenvalue weighted by atomic mass is 32.2. The van der Waals surface area contributed by atoms with Gasteiger partial charge in [-0.25, -0.2) is 18.4 Å². The first-order valence-corrected chi connectivity index (χ1v) is 11.9. The summed E-state index contributed by atoms with van der Waals surface area (Å²) in [5, 5.41) is 3.04. The van der Waals surface area contributed by atoms with E-state index in [1.807, 2.05) is 19.1 Å². The van der Waals surface area contributed by atoms with Gasteiger partial charge in [0.05, 0.1) is 4.90 Å². The van der Waals surface area contributed by atoms with Gasteiger partial charge in [-0.05, 0) is 62.2 Å². The summed E-state index contributed by atoms with van der Waals surface area (Å²) < 4.78 is 27.8. The summed E-state index contributed by atoms with van der Waals surface area (Å²) in [6.45, 7) is 3.46. The Morgan fingerprint density at radius 2 is 1.59 bits per heavy atom. The molecule has 166 valence electrons. The summed E-state index contributed by atoms with van der Waals surface area (Å²) in [5.74, 6) is 0.489. The molecule has 0 aliphatic carbocycles. The lowest BCUT2D eigenvalue weighted by Crippen LogP contribution is -2.45. The van der Waals surface area contributed by atoms with Crippen LogP contribution in [-0.2, 0) is 10.0 Å². The molecule has 1 fully saturated rings. The van der Waals surface area contributed by atoms with Crippen molar-refractivity contribution in [1.82, 2.24) is 15.3 Å². The van der Waals surface area contributed by atoms with Crippen molar-refractivity contribution in [2.24, 2.45) is 0 Å². The zero-order valence-electron chi connectivity index (χ0n) is 17.7. The van der Waals surface area contributed by atoms with Crippen molar-refractivity contribution in [2.45, 2.75) is 30.7 Å². The molecule has 0 radical (unpaired) electrons. The molecule has 0 bridgehead atoms. The van der Waals surface area contributed by atoms with Crippen LogP contribution in [0.25, 0.3) is 0 Å². The molecule has 9 heteroatoms. The fourth-order valence-corrected chi connectivity index (χ4v) is 4.63. The number of benzene rings is 2. The third-order valence-corrected chi connectivity index (χ3v) is 6.79. The molecule has 0 saturated carbocycles. The summed E-state index contributed by atoms with van der Waals surface area (Å²) in [5.41, 5.74) is 1.96. The normalized spacial score (nSPS) is 14.7. The molecule has 0 spiro atoms. The Morgan fingerprint density at radius 1 is 0.969 bits per heavy atom. The van der Waals surface area contributed by atoms with E-state index >= 15 is 0 Å². The van der Waals surface area contributed by atoms with Crippen molar-refractivity contribution in [2.75, 3.05) is 22.7 Å². The minimum Gasteiger partial charge on any atom is -0.349 e. The molecule has 32 heavy (non-hydrogen) atoms. The molecule has 8 nitrogen and oxygen atoms in total. The van der Waals surface area contributed by atoms with Crippen LogP contribution in [0.4, 0.5) is 11.6 Å². The van der Waals surface area contributed by atoms with Gasteiger partial charge in [-0.3, -0.25) is 9.52 Å². The number of sulfonamides is 1. The number of carbonyl (C=O) groups is 1. The molecule has 1 saturated heterocycles. The number of hydrogen-bond acceptors (Lipinski definition) is 6. The van der Waals surface area contributed by atoms with Gasteiger partial charge in [0.2, 0.25) is 5.95 Å². The van der Waals surface area contributed by atoms with E-state index in [1.165, 1.54) is 24.3 Å². The molecule has 2 aromatic carbocycles. The van der Waals surface area contributed by atoms with Crippen LogP contribution in [0.5, 0.6) is 0 Å². The topological polar surface area (TPSA) is 104 Å². The van der Waals surface area contributed by atoms with Crippen molar-refractivity contribution >= 4 is 27.6 Å². The standard InChI is InChI=1S/C23H25N5O3S/c1-17-3-7-20(8-4-17)27-32(30,31)21-9-5-18(6-10-21)22(29)26-19-11-15-28(16-12-19)23-24-13-2-14-25-23/h2-10,13-14,19,27H,11-12,15-16H2,1H3,(H,26,29). The summed E-state index contributed by atoms with van der Waals surface area (Å²) in [6.07, 6.45) is 5.01. The van der Waals surface area contributed by atoms with Gasteiger partial charge in [0.25, 0.3) is 15.9 Å². The first-order valence-electron chi connectivity index (χ1n) is 10.4. The van der Waals surface area contributed by atoms with Crippen LogP contribution in [0.2, 0.25) is 0 Å². The lowest BCUT2D eigenvalue weighted by Gasteiger charge is -2.32. The van der Waals surface area contributed by atoms with Crippen LogP contribution in [0.3, 0.4) is 0 Å². The zero-order chi connectivity index (χ0) is 22.6. The molecule has 3 aromatic rings. The van der Waals surface area contributed by atoms with E-state index in [2.05, 4.69) is 24.9 Å². The largest absolute Gasteiger partial charge is 0.349 e.